The number of aromatic amines is 1. The summed E-state index contributed by atoms with van der Waals surface area (Å²) in [6.45, 7) is 0.763. The van der Waals surface area contributed by atoms with E-state index in [9.17, 15) is 22.8 Å². The minimum atomic E-state index is -4.46. The molecule has 11 heteroatoms. The number of hydrazine groups is 1. The van der Waals surface area contributed by atoms with Crippen molar-refractivity contribution in [3.8, 4) is 0 Å². The first kappa shape index (κ1) is 19.9. The largest absolute Gasteiger partial charge is 0.405 e. The number of hydrogen-bond acceptors (Lipinski definition) is 5. The Labute approximate surface area is 158 Å². The number of halogens is 3. The summed E-state index contributed by atoms with van der Waals surface area (Å²) in [5, 5.41) is 4.33. The third kappa shape index (κ3) is 4.35. The van der Waals surface area contributed by atoms with E-state index in [0.717, 1.165) is 0 Å². The number of carbonyl (C=O) groups excluding carboxylic acids is 2. The number of alkyl halides is 3. The maximum Gasteiger partial charge on any atom is 0.405 e. The van der Waals surface area contributed by atoms with Gasteiger partial charge in [0.15, 0.2) is 0 Å². The molecule has 1 unspecified atom stereocenters. The van der Waals surface area contributed by atoms with Crippen LogP contribution in [0.2, 0.25) is 0 Å². The van der Waals surface area contributed by atoms with Crippen LogP contribution in [0.15, 0.2) is 18.5 Å². The van der Waals surface area contributed by atoms with E-state index in [1.165, 1.54) is 6.20 Å². The molecule has 1 saturated heterocycles. The van der Waals surface area contributed by atoms with Gasteiger partial charge in [-0.1, -0.05) is 0 Å². The summed E-state index contributed by atoms with van der Waals surface area (Å²) in [4.78, 5) is 31.0. The molecule has 0 aliphatic carbocycles. The van der Waals surface area contributed by atoms with Crippen LogP contribution in [0.25, 0.3) is 11.0 Å². The van der Waals surface area contributed by atoms with Gasteiger partial charge in [-0.05, 0) is 25.8 Å². The Balaban J connectivity index is 1.79. The van der Waals surface area contributed by atoms with Crippen molar-refractivity contribution in [3.63, 3.8) is 0 Å². The van der Waals surface area contributed by atoms with E-state index in [4.69, 9.17) is 5.73 Å². The smallest absolute Gasteiger partial charge is 0.365 e. The summed E-state index contributed by atoms with van der Waals surface area (Å²) in [6, 6.07) is 1.73. The molecule has 0 aromatic carbocycles. The molecule has 1 fully saturated rings. The summed E-state index contributed by atoms with van der Waals surface area (Å²) in [5.41, 5.74) is 9.77. The van der Waals surface area contributed by atoms with Crippen LogP contribution in [0, 0.1) is 5.92 Å². The SMILES string of the molecule is CC1CC[C@@H](C(=O)NCC(F)(F)F)CN1Nc1c(C(N)=O)cnc2[nH]ccc12. The molecule has 1 aliphatic rings. The molecule has 3 rings (SSSR count). The fourth-order valence-electron chi connectivity index (χ4n) is 3.27. The zero-order chi connectivity index (χ0) is 20.5. The van der Waals surface area contributed by atoms with Gasteiger partial charge in [0, 0.05) is 30.4 Å². The lowest BCUT2D eigenvalue weighted by Crippen LogP contribution is -2.50. The van der Waals surface area contributed by atoms with Gasteiger partial charge >= 0.3 is 6.18 Å². The molecule has 0 bridgehead atoms. The molecule has 152 valence electrons. The molecule has 28 heavy (non-hydrogen) atoms. The number of carbonyl (C=O) groups is 2. The van der Waals surface area contributed by atoms with Gasteiger partial charge in [0.05, 0.1) is 17.2 Å². The predicted molar refractivity (Wildman–Crippen MR) is 96.2 cm³/mol. The first-order valence-electron chi connectivity index (χ1n) is 8.79. The van der Waals surface area contributed by atoms with Crippen molar-refractivity contribution in [1.29, 1.82) is 0 Å². The third-order valence-electron chi connectivity index (χ3n) is 4.82. The minimum Gasteiger partial charge on any atom is -0.365 e. The van der Waals surface area contributed by atoms with Gasteiger partial charge in [-0.25, -0.2) is 9.99 Å². The van der Waals surface area contributed by atoms with Crippen LogP contribution in [0.4, 0.5) is 18.9 Å². The van der Waals surface area contributed by atoms with E-state index >= 15 is 0 Å². The number of fused-ring (bicyclic) bond motifs is 1. The molecule has 0 spiro atoms. The molecular formula is C17H21F3N6O2. The molecule has 1 aliphatic heterocycles. The lowest BCUT2D eigenvalue weighted by Gasteiger charge is -2.38. The van der Waals surface area contributed by atoms with Gasteiger partial charge in [0.25, 0.3) is 5.91 Å². The lowest BCUT2D eigenvalue weighted by molar-refractivity contribution is -0.142. The second-order valence-electron chi connectivity index (χ2n) is 6.87. The monoisotopic (exact) mass is 398 g/mol. The fraction of sp³-hybridized carbons (Fsp3) is 0.471. The van der Waals surface area contributed by atoms with Crippen LogP contribution >= 0.6 is 0 Å². The highest BCUT2D eigenvalue weighted by Crippen LogP contribution is 2.29. The third-order valence-corrected chi connectivity index (χ3v) is 4.82. The van der Waals surface area contributed by atoms with Crippen molar-refractivity contribution in [1.82, 2.24) is 20.3 Å². The molecular weight excluding hydrogens is 377 g/mol. The van der Waals surface area contributed by atoms with Gasteiger partial charge in [0.1, 0.15) is 12.2 Å². The molecule has 2 atom stereocenters. The predicted octanol–water partition coefficient (Wildman–Crippen LogP) is 1.77. The average molecular weight is 398 g/mol. The Morgan fingerprint density at radius 1 is 1.39 bits per heavy atom. The number of rotatable bonds is 5. The van der Waals surface area contributed by atoms with Crippen molar-refractivity contribution in [2.45, 2.75) is 32.0 Å². The van der Waals surface area contributed by atoms with Crippen LogP contribution in [0.1, 0.15) is 30.1 Å². The van der Waals surface area contributed by atoms with E-state index in [0.29, 0.717) is 29.6 Å². The standard InChI is InChI=1S/C17H21F3N6O2/c1-9-2-3-10(16(28)24-8-17(18,19)20)7-26(9)25-13-11-4-5-22-15(11)23-6-12(13)14(21)27/h4-6,9-10H,2-3,7-8H2,1H3,(H2,21,27)(H,24,28)(H2,22,23,25)/t9?,10-/m1/s1. The van der Waals surface area contributed by atoms with Gasteiger partial charge < -0.3 is 21.5 Å². The highest BCUT2D eigenvalue weighted by molar-refractivity contribution is 6.05. The quantitative estimate of drug-likeness (QED) is 0.613. The van der Waals surface area contributed by atoms with Crippen LogP contribution < -0.4 is 16.5 Å². The maximum atomic E-state index is 12.4. The number of amides is 2. The summed E-state index contributed by atoms with van der Waals surface area (Å²) >= 11 is 0. The number of nitrogens with zero attached hydrogens (tertiary/aromatic N) is 2. The Hall–Kier alpha value is -2.82. The molecule has 3 heterocycles. The molecule has 0 radical (unpaired) electrons. The fourth-order valence-corrected chi connectivity index (χ4v) is 3.27. The van der Waals surface area contributed by atoms with Gasteiger partial charge in [-0.2, -0.15) is 13.2 Å². The molecule has 2 amide bonds. The highest BCUT2D eigenvalue weighted by Gasteiger charge is 2.34. The Bertz CT molecular complexity index is 881. The number of anilines is 1. The number of aromatic nitrogens is 2. The van der Waals surface area contributed by atoms with Gasteiger partial charge in [0.2, 0.25) is 5.91 Å². The number of hydrogen-bond donors (Lipinski definition) is 4. The van der Waals surface area contributed by atoms with E-state index in [1.807, 2.05) is 12.2 Å². The number of pyridine rings is 1. The number of nitrogens with two attached hydrogens (primary N) is 1. The van der Waals surface area contributed by atoms with E-state index in [2.05, 4.69) is 15.4 Å². The van der Waals surface area contributed by atoms with Gasteiger partial charge in [-0.15, -0.1) is 0 Å². The molecule has 8 nitrogen and oxygen atoms in total. The van der Waals surface area contributed by atoms with E-state index in [-0.39, 0.29) is 18.2 Å². The van der Waals surface area contributed by atoms with E-state index in [1.54, 1.807) is 17.3 Å². The first-order chi connectivity index (χ1) is 13.2. The molecule has 5 N–H and O–H groups in total. The van der Waals surface area contributed by atoms with Crippen LogP contribution in [-0.2, 0) is 4.79 Å². The first-order valence-corrected chi connectivity index (χ1v) is 8.79. The zero-order valence-corrected chi connectivity index (χ0v) is 15.1. The van der Waals surface area contributed by atoms with Crippen LogP contribution in [-0.4, -0.2) is 52.1 Å². The van der Waals surface area contributed by atoms with E-state index < -0.39 is 30.5 Å². The number of piperidine rings is 1. The van der Waals surface area contributed by atoms with Gasteiger partial charge in [-0.3, -0.25) is 9.59 Å². The molecule has 2 aromatic rings. The Morgan fingerprint density at radius 3 is 2.82 bits per heavy atom. The summed E-state index contributed by atoms with van der Waals surface area (Å²) in [7, 11) is 0. The second-order valence-corrected chi connectivity index (χ2v) is 6.87. The topological polar surface area (TPSA) is 116 Å². The summed E-state index contributed by atoms with van der Waals surface area (Å²) in [5.74, 6) is -1.92. The van der Waals surface area contributed by atoms with Crippen molar-refractivity contribution >= 4 is 28.5 Å². The second kappa shape index (κ2) is 7.66. The summed E-state index contributed by atoms with van der Waals surface area (Å²) < 4.78 is 37.1. The average Bonchev–Trinajstić information content (AvgIpc) is 3.10. The maximum absolute atomic E-state index is 12.4. The molecule has 2 aromatic heterocycles. The number of primary amides is 1. The van der Waals surface area contributed by atoms with Crippen LogP contribution in [0.3, 0.4) is 0 Å². The lowest BCUT2D eigenvalue weighted by atomic mass is 9.94. The van der Waals surface area contributed by atoms with Crippen molar-refractivity contribution in [2.75, 3.05) is 18.5 Å². The molecule has 0 saturated carbocycles. The number of H-pyrrole nitrogens is 1. The normalized spacial score (nSPS) is 20.9. The van der Waals surface area contributed by atoms with Crippen molar-refractivity contribution in [2.24, 2.45) is 11.7 Å². The zero-order valence-electron chi connectivity index (χ0n) is 15.1. The highest BCUT2D eigenvalue weighted by atomic mass is 19.4. The minimum absolute atomic E-state index is 0.00505. The Morgan fingerprint density at radius 2 is 2.14 bits per heavy atom. The van der Waals surface area contributed by atoms with Crippen molar-refractivity contribution in [3.05, 3.63) is 24.0 Å². The Kier molecular flexibility index (Phi) is 5.45. The number of nitrogens with one attached hydrogen (secondary N) is 3. The van der Waals surface area contributed by atoms with Crippen molar-refractivity contribution < 1.29 is 22.8 Å². The van der Waals surface area contributed by atoms with Crippen LogP contribution in [0.5, 0.6) is 0 Å². The summed E-state index contributed by atoms with van der Waals surface area (Å²) in [6.07, 6.45) is -0.360.